The van der Waals surface area contributed by atoms with Crippen LogP contribution >= 0.6 is 0 Å². The molecule has 0 amide bonds. The first-order valence-corrected chi connectivity index (χ1v) is 5.61. The molecule has 2 heterocycles. The van der Waals surface area contributed by atoms with Gasteiger partial charge in [0, 0.05) is 12.7 Å². The number of hydrogen-bond donors (Lipinski definition) is 1. The first kappa shape index (κ1) is 10.4. The number of nitrogens with zero attached hydrogens (tertiary/aromatic N) is 2. The van der Waals surface area contributed by atoms with E-state index in [1.165, 1.54) is 18.4 Å². The van der Waals surface area contributed by atoms with Crippen molar-refractivity contribution in [2.75, 3.05) is 18.1 Å². The topological polar surface area (TPSA) is 36.4 Å². The van der Waals surface area contributed by atoms with Gasteiger partial charge in [-0.2, -0.15) is 0 Å². The Bertz CT molecular complexity index is 327. The fourth-order valence-corrected chi connectivity index (χ4v) is 2.17. The molecule has 1 aromatic heterocycles. The Morgan fingerprint density at radius 3 is 3.13 bits per heavy atom. The molecular formula is C12H18N2O. The average molecular weight is 206 g/mol. The lowest BCUT2D eigenvalue weighted by Crippen LogP contribution is -2.42. The van der Waals surface area contributed by atoms with Crippen molar-refractivity contribution < 1.29 is 5.11 Å². The Morgan fingerprint density at radius 1 is 1.53 bits per heavy atom. The molecule has 2 rings (SSSR count). The largest absolute Gasteiger partial charge is 0.394 e. The van der Waals surface area contributed by atoms with Crippen LogP contribution in [-0.4, -0.2) is 29.3 Å². The van der Waals surface area contributed by atoms with Crippen LogP contribution in [-0.2, 0) is 0 Å². The van der Waals surface area contributed by atoms with Crippen molar-refractivity contribution in [2.24, 2.45) is 0 Å². The summed E-state index contributed by atoms with van der Waals surface area (Å²) in [5, 5.41) is 9.32. The summed E-state index contributed by atoms with van der Waals surface area (Å²) in [7, 11) is 0. The van der Waals surface area contributed by atoms with E-state index in [0.29, 0.717) is 0 Å². The van der Waals surface area contributed by atoms with E-state index in [0.717, 1.165) is 18.8 Å². The number of aliphatic hydroxyl groups is 1. The summed E-state index contributed by atoms with van der Waals surface area (Å²) in [5.74, 6) is 1.01. The molecular weight excluding hydrogens is 188 g/mol. The first-order chi connectivity index (χ1) is 7.31. The van der Waals surface area contributed by atoms with E-state index in [1.54, 1.807) is 0 Å². The van der Waals surface area contributed by atoms with Crippen LogP contribution in [0.5, 0.6) is 0 Å². The number of anilines is 1. The monoisotopic (exact) mass is 206 g/mol. The Balaban J connectivity index is 2.20. The van der Waals surface area contributed by atoms with Crippen molar-refractivity contribution in [3.05, 3.63) is 23.9 Å². The molecule has 1 unspecified atom stereocenters. The third-order valence-corrected chi connectivity index (χ3v) is 3.03. The van der Waals surface area contributed by atoms with Gasteiger partial charge >= 0.3 is 0 Å². The van der Waals surface area contributed by atoms with Crippen LogP contribution in [0, 0.1) is 6.92 Å². The number of aromatic nitrogens is 1. The van der Waals surface area contributed by atoms with E-state index >= 15 is 0 Å². The molecule has 1 aliphatic heterocycles. The predicted molar refractivity (Wildman–Crippen MR) is 61.0 cm³/mol. The summed E-state index contributed by atoms with van der Waals surface area (Å²) in [6.07, 6.45) is 5.33. The average Bonchev–Trinajstić information content (AvgIpc) is 2.29. The van der Waals surface area contributed by atoms with Crippen molar-refractivity contribution in [1.29, 1.82) is 0 Å². The van der Waals surface area contributed by atoms with Crippen LogP contribution in [0.1, 0.15) is 24.8 Å². The normalized spacial score (nSPS) is 21.7. The van der Waals surface area contributed by atoms with Crippen LogP contribution in [0.2, 0.25) is 0 Å². The van der Waals surface area contributed by atoms with Crippen molar-refractivity contribution >= 4 is 5.82 Å². The quantitative estimate of drug-likeness (QED) is 0.800. The molecule has 1 atom stereocenters. The molecule has 1 aliphatic rings. The number of rotatable bonds is 2. The number of aliphatic hydroxyl groups excluding tert-OH is 1. The highest BCUT2D eigenvalue weighted by molar-refractivity contribution is 5.42. The van der Waals surface area contributed by atoms with Gasteiger partial charge in [0.15, 0.2) is 0 Å². The minimum atomic E-state index is 0.232. The predicted octanol–water partition coefficient (Wildman–Crippen LogP) is 1.74. The Hall–Kier alpha value is -1.09. The maximum Gasteiger partial charge on any atom is 0.129 e. The van der Waals surface area contributed by atoms with Gasteiger partial charge in [0.2, 0.25) is 0 Å². The second-order valence-corrected chi connectivity index (χ2v) is 4.22. The zero-order valence-corrected chi connectivity index (χ0v) is 9.19. The smallest absolute Gasteiger partial charge is 0.129 e. The van der Waals surface area contributed by atoms with Gasteiger partial charge < -0.3 is 10.0 Å². The van der Waals surface area contributed by atoms with Crippen LogP contribution in [0.4, 0.5) is 5.82 Å². The fourth-order valence-electron chi connectivity index (χ4n) is 2.17. The standard InChI is InChI=1S/C12H18N2O/c1-10-5-6-13-12(8-10)14-7-3-2-4-11(14)9-15/h5-6,8,11,15H,2-4,7,9H2,1H3. The van der Waals surface area contributed by atoms with Crippen molar-refractivity contribution in [3.63, 3.8) is 0 Å². The molecule has 1 saturated heterocycles. The molecule has 0 spiro atoms. The highest BCUT2D eigenvalue weighted by Gasteiger charge is 2.22. The summed E-state index contributed by atoms with van der Waals surface area (Å²) < 4.78 is 0. The van der Waals surface area contributed by atoms with E-state index in [2.05, 4.69) is 22.9 Å². The minimum Gasteiger partial charge on any atom is -0.394 e. The molecule has 3 nitrogen and oxygen atoms in total. The second kappa shape index (κ2) is 4.62. The summed E-state index contributed by atoms with van der Waals surface area (Å²) in [4.78, 5) is 6.61. The number of piperidine rings is 1. The van der Waals surface area contributed by atoms with E-state index in [4.69, 9.17) is 0 Å². The highest BCUT2D eigenvalue weighted by Crippen LogP contribution is 2.23. The van der Waals surface area contributed by atoms with Gasteiger partial charge in [0.05, 0.1) is 12.6 Å². The van der Waals surface area contributed by atoms with E-state index < -0.39 is 0 Å². The molecule has 0 radical (unpaired) electrons. The van der Waals surface area contributed by atoms with Gasteiger partial charge in [0.25, 0.3) is 0 Å². The van der Waals surface area contributed by atoms with Gasteiger partial charge in [-0.15, -0.1) is 0 Å². The van der Waals surface area contributed by atoms with Gasteiger partial charge in [-0.3, -0.25) is 0 Å². The molecule has 82 valence electrons. The molecule has 1 fully saturated rings. The number of hydrogen-bond acceptors (Lipinski definition) is 3. The minimum absolute atomic E-state index is 0.232. The van der Waals surface area contributed by atoms with E-state index in [1.807, 2.05) is 12.3 Å². The summed E-state index contributed by atoms with van der Waals surface area (Å²) in [6, 6.07) is 4.35. The maximum atomic E-state index is 9.32. The molecule has 0 aliphatic carbocycles. The van der Waals surface area contributed by atoms with Crippen molar-refractivity contribution in [1.82, 2.24) is 4.98 Å². The van der Waals surface area contributed by atoms with Crippen molar-refractivity contribution in [2.45, 2.75) is 32.2 Å². The van der Waals surface area contributed by atoms with Crippen LogP contribution in [0.3, 0.4) is 0 Å². The molecule has 15 heavy (non-hydrogen) atoms. The molecule has 1 aromatic rings. The Morgan fingerprint density at radius 2 is 2.40 bits per heavy atom. The Labute approximate surface area is 90.8 Å². The zero-order chi connectivity index (χ0) is 10.7. The van der Waals surface area contributed by atoms with Crippen LogP contribution < -0.4 is 4.90 Å². The lowest BCUT2D eigenvalue weighted by Gasteiger charge is -2.35. The third-order valence-electron chi connectivity index (χ3n) is 3.03. The van der Waals surface area contributed by atoms with Gasteiger partial charge in [0.1, 0.15) is 5.82 Å². The van der Waals surface area contributed by atoms with E-state index in [9.17, 15) is 5.11 Å². The third kappa shape index (κ3) is 2.29. The maximum absolute atomic E-state index is 9.32. The highest BCUT2D eigenvalue weighted by atomic mass is 16.3. The molecule has 3 heteroatoms. The van der Waals surface area contributed by atoms with Gasteiger partial charge in [-0.25, -0.2) is 4.98 Å². The number of pyridine rings is 1. The van der Waals surface area contributed by atoms with Crippen LogP contribution in [0.25, 0.3) is 0 Å². The first-order valence-electron chi connectivity index (χ1n) is 5.61. The Kier molecular flexibility index (Phi) is 3.21. The summed E-state index contributed by atoms with van der Waals surface area (Å²) in [6.45, 7) is 3.32. The SMILES string of the molecule is Cc1ccnc(N2CCCCC2CO)c1. The second-order valence-electron chi connectivity index (χ2n) is 4.22. The number of aryl methyl sites for hydroxylation is 1. The summed E-state index contributed by atoms with van der Waals surface area (Å²) >= 11 is 0. The molecule has 0 saturated carbocycles. The van der Waals surface area contributed by atoms with Crippen molar-refractivity contribution in [3.8, 4) is 0 Å². The lowest BCUT2D eigenvalue weighted by atomic mass is 10.0. The zero-order valence-electron chi connectivity index (χ0n) is 9.19. The molecule has 0 bridgehead atoms. The fraction of sp³-hybridized carbons (Fsp3) is 0.583. The molecule has 0 aromatic carbocycles. The van der Waals surface area contributed by atoms with Crippen LogP contribution in [0.15, 0.2) is 18.3 Å². The molecule has 1 N–H and O–H groups in total. The van der Waals surface area contributed by atoms with Gasteiger partial charge in [-0.05, 0) is 43.9 Å². The van der Waals surface area contributed by atoms with Gasteiger partial charge in [-0.1, -0.05) is 0 Å². The van der Waals surface area contributed by atoms with E-state index in [-0.39, 0.29) is 12.6 Å². The lowest BCUT2D eigenvalue weighted by molar-refractivity contribution is 0.239. The summed E-state index contributed by atoms with van der Waals surface area (Å²) in [5.41, 5.74) is 1.22.